The largest absolute Gasteiger partial charge is 0.395 e. The van der Waals surface area contributed by atoms with Gasteiger partial charge in [-0.15, -0.1) is 13.2 Å². The maximum atomic E-state index is 8.90. The summed E-state index contributed by atoms with van der Waals surface area (Å²) in [7, 11) is 2.04. The van der Waals surface area contributed by atoms with Gasteiger partial charge < -0.3 is 5.11 Å². The van der Waals surface area contributed by atoms with Gasteiger partial charge in [-0.05, 0) is 27.1 Å². The van der Waals surface area contributed by atoms with Crippen molar-refractivity contribution in [3.05, 3.63) is 13.2 Å². The molecule has 0 radical (unpaired) electrons. The molecule has 14 heavy (non-hydrogen) atoms. The molecule has 0 aliphatic heterocycles. The van der Waals surface area contributed by atoms with Crippen molar-refractivity contribution in [3.63, 3.8) is 0 Å². The zero-order valence-corrected chi connectivity index (χ0v) is 10.2. The minimum Gasteiger partial charge on any atom is -0.395 e. The van der Waals surface area contributed by atoms with E-state index in [4.69, 9.17) is 5.11 Å². The standard InChI is InChI=1S/C9H22N2O.C2H4/c1-5-11(6-2)8-10(4)9(3)7-12;1-2/h9,12H,5-8H2,1-4H3;1-2H2. The van der Waals surface area contributed by atoms with Crippen LogP contribution in [0.25, 0.3) is 0 Å². The minimum atomic E-state index is 0.234. The molecule has 0 aromatic carbocycles. The number of rotatable bonds is 6. The van der Waals surface area contributed by atoms with E-state index in [2.05, 4.69) is 36.8 Å². The second-order valence-corrected chi connectivity index (χ2v) is 3.23. The number of nitrogens with zero attached hydrogens (tertiary/aromatic N) is 2. The fraction of sp³-hybridized carbons (Fsp3) is 0.818. The Bertz CT molecular complexity index is 116. The summed E-state index contributed by atoms with van der Waals surface area (Å²) in [4.78, 5) is 4.49. The number of hydrogen-bond donors (Lipinski definition) is 1. The molecule has 0 heterocycles. The smallest absolute Gasteiger partial charge is 0.0584 e. The second kappa shape index (κ2) is 10.7. The maximum Gasteiger partial charge on any atom is 0.0584 e. The number of likely N-dealkylation sites (N-methyl/N-ethyl adjacent to an activating group) is 1. The Morgan fingerprint density at radius 1 is 1.21 bits per heavy atom. The molecule has 86 valence electrons. The SMILES string of the molecule is C=C.CCN(CC)CN(C)C(C)CO. The van der Waals surface area contributed by atoms with E-state index in [9.17, 15) is 0 Å². The first-order valence-electron chi connectivity index (χ1n) is 5.19. The highest BCUT2D eigenvalue weighted by molar-refractivity contribution is 4.61. The Hall–Kier alpha value is -0.380. The molecule has 1 atom stereocenters. The van der Waals surface area contributed by atoms with Crippen molar-refractivity contribution in [1.82, 2.24) is 9.80 Å². The van der Waals surface area contributed by atoms with Crippen LogP contribution in [-0.4, -0.2) is 54.4 Å². The molecule has 0 spiro atoms. The Labute approximate surface area is 89.0 Å². The summed E-state index contributed by atoms with van der Waals surface area (Å²) in [6, 6.07) is 0.255. The first kappa shape index (κ1) is 16.1. The van der Waals surface area contributed by atoms with Gasteiger partial charge in [0.1, 0.15) is 0 Å². The van der Waals surface area contributed by atoms with Crippen LogP contribution in [0.2, 0.25) is 0 Å². The normalized spacial score (nSPS) is 12.5. The van der Waals surface area contributed by atoms with E-state index in [1.165, 1.54) is 0 Å². The first-order valence-corrected chi connectivity index (χ1v) is 5.19. The Kier molecular flexibility index (Phi) is 12.3. The topological polar surface area (TPSA) is 26.7 Å². The van der Waals surface area contributed by atoms with Crippen molar-refractivity contribution in [2.45, 2.75) is 26.8 Å². The Morgan fingerprint density at radius 3 is 1.93 bits per heavy atom. The van der Waals surface area contributed by atoms with Crippen molar-refractivity contribution in [2.24, 2.45) is 0 Å². The third kappa shape index (κ3) is 7.06. The summed E-state index contributed by atoms with van der Waals surface area (Å²) >= 11 is 0. The van der Waals surface area contributed by atoms with Gasteiger partial charge in [0.25, 0.3) is 0 Å². The Morgan fingerprint density at radius 2 is 1.64 bits per heavy atom. The molecule has 3 heteroatoms. The zero-order chi connectivity index (χ0) is 11.6. The minimum absolute atomic E-state index is 0.234. The molecule has 0 aliphatic rings. The third-order valence-corrected chi connectivity index (χ3v) is 2.33. The average Bonchev–Trinajstić information content (AvgIpc) is 2.26. The molecule has 0 bridgehead atoms. The maximum absolute atomic E-state index is 8.90. The van der Waals surface area contributed by atoms with Crippen molar-refractivity contribution in [1.29, 1.82) is 0 Å². The van der Waals surface area contributed by atoms with Gasteiger partial charge in [-0.3, -0.25) is 9.80 Å². The van der Waals surface area contributed by atoms with Crippen LogP contribution in [0, 0.1) is 0 Å². The van der Waals surface area contributed by atoms with Crippen LogP contribution >= 0.6 is 0 Å². The monoisotopic (exact) mass is 202 g/mol. The van der Waals surface area contributed by atoms with Gasteiger partial charge in [-0.25, -0.2) is 0 Å². The lowest BCUT2D eigenvalue weighted by Crippen LogP contribution is -2.41. The van der Waals surface area contributed by atoms with Gasteiger partial charge in [-0.2, -0.15) is 0 Å². The summed E-state index contributed by atoms with van der Waals surface area (Å²) in [5, 5.41) is 8.90. The van der Waals surface area contributed by atoms with Gasteiger partial charge in [0.2, 0.25) is 0 Å². The average molecular weight is 202 g/mol. The van der Waals surface area contributed by atoms with Crippen LogP contribution < -0.4 is 0 Å². The van der Waals surface area contributed by atoms with Crippen molar-refractivity contribution in [3.8, 4) is 0 Å². The van der Waals surface area contributed by atoms with Gasteiger partial charge in [0.15, 0.2) is 0 Å². The summed E-state index contributed by atoms with van der Waals surface area (Å²) in [5.74, 6) is 0. The molecule has 0 aromatic rings. The molecule has 1 N–H and O–H groups in total. The highest BCUT2D eigenvalue weighted by Gasteiger charge is 2.09. The summed E-state index contributed by atoms with van der Waals surface area (Å²) in [5.41, 5.74) is 0. The highest BCUT2D eigenvalue weighted by atomic mass is 16.3. The molecule has 0 amide bonds. The van der Waals surface area contributed by atoms with Crippen molar-refractivity contribution in [2.75, 3.05) is 33.4 Å². The lowest BCUT2D eigenvalue weighted by Gasteiger charge is -2.29. The van der Waals surface area contributed by atoms with Crippen LogP contribution in [-0.2, 0) is 0 Å². The summed E-state index contributed by atoms with van der Waals surface area (Å²) < 4.78 is 0. The number of aliphatic hydroxyl groups excluding tert-OH is 1. The first-order chi connectivity index (χ1) is 6.65. The fourth-order valence-corrected chi connectivity index (χ4v) is 1.02. The Balaban J connectivity index is 0. The molecular weight excluding hydrogens is 176 g/mol. The quantitative estimate of drug-likeness (QED) is 0.521. The highest BCUT2D eigenvalue weighted by Crippen LogP contribution is 1.96. The van der Waals surface area contributed by atoms with E-state index in [0.29, 0.717) is 0 Å². The summed E-state index contributed by atoms with van der Waals surface area (Å²) in [6.45, 7) is 15.6. The van der Waals surface area contributed by atoms with Gasteiger partial charge in [-0.1, -0.05) is 13.8 Å². The van der Waals surface area contributed by atoms with Crippen molar-refractivity contribution >= 4 is 0 Å². The van der Waals surface area contributed by atoms with Gasteiger partial charge in [0.05, 0.1) is 13.3 Å². The molecule has 0 saturated carbocycles. The van der Waals surface area contributed by atoms with Crippen LogP contribution in [0.1, 0.15) is 20.8 Å². The van der Waals surface area contributed by atoms with E-state index in [-0.39, 0.29) is 12.6 Å². The molecule has 0 aliphatic carbocycles. The lowest BCUT2D eigenvalue weighted by atomic mass is 10.3. The third-order valence-electron chi connectivity index (χ3n) is 2.33. The van der Waals surface area contributed by atoms with E-state index < -0.39 is 0 Å². The number of aliphatic hydroxyl groups is 1. The van der Waals surface area contributed by atoms with E-state index in [1.54, 1.807) is 0 Å². The van der Waals surface area contributed by atoms with Crippen LogP contribution in [0.5, 0.6) is 0 Å². The predicted octanol–water partition coefficient (Wildman–Crippen LogP) is 1.40. The van der Waals surface area contributed by atoms with Crippen LogP contribution in [0.4, 0.5) is 0 Å². The second-order valence-electron chi connectivity index (χ2n) is 3.23. The van der Waals surface area contributed by atoms with Gasteiger partial charge in [0, 0.05) is 6.04 Å². The lowest BCUT2D eigenvalue weighted by molar-refractivity contribution is 0.0963. The molecule has 3 nitrogen and oxygen atoms in total. The van der Waals surface area contributed by atoms with Crippen molar-refractivity contribution < 1.29 is 5.11 Å². The molecule has 0 rings (SSSR count). The molecule has 0 fully saturated rings. The molecular formula is C11H26N2O. The van der Waals surface area contributed by atoms with Gasteiger partial charge >= 0.3 is 0 Å². The van der Waals surface area contributed by atoms with E-state index in [1.807, 2.05) is 14.0 Å². The van der Waals surface area contributed by atoms with E-state index >= 15 is 0 Å². The zero-order valence-electron chi connectivity index (χ0n) is 10.2. The van der Waals surface area contributed by atoms with Crippen LogP contribution in [0.15, 0.2) is 13.2 Å². The number of hydrogen-bond acceptors (Lipinski definition) is 3. The summed E-state index contributed by atoms with van der Waals surface area (Å²) in [6.07, 6.45) is 0. The predicted molar refractivity (Wildman–Crippen MR) is 63.4 cm³/mol. The fourth-order valence-electron chi connectivity index (χ4n) is 1.02. The molecule has 1 unspecified atom stereocenters. The molecule has 0 aromatic heterocycles. The van der Waals surface area contributed by atoms with Crippen LogP contribution in [0.3, 0.4) is 0 Å². The van der Waals surface area contributed by atoms with E-state index in [0.717, 1.165) is 19.8 Å². The molecule has 0 saturated heterocycles.